The van der Waals surface area contributed by atoms with Crippen LogP contribution in [0.5, 0.6) is 0 Å². The van der Waals surface area contributed by atoms with Crippen molar-refractivity contribution in [1.29, 1.82) is 0 Å². The second-order valence-corrected chi connectivity index (χ2v) is 7.23. The van der Waals surface area contributed by atoms with Crippen molar-refractivity contribution in [1.82, 2.24) is 0 Å². The molecule has 4 nitrogen and oxygen atoms in total. The van der Waals surface area contributed by atoms with Crippen LogP contribution in [-0.4, -0.2) is 18.5 Å². The smallest absolute Gasteiger partial charge is 0.339 e. The summed E-state index contributed by atoms with van der Waals surface area (Å²) in [4.78, 5) is 25.4. The van der Waals surface area contributed by atoms with E-state index in [-0.39, 0.29) is 11.6 Å². The zero-order chi connectivity index (χ0) is 17.1. The van der Waals surface area contributed by atoms with Crippen LogP contribution in [0.1, 0.15) is 33.6 Å². The van der Waals surface area contributed by atoms with Gasteiger partial charge in [-0.2, -0.15) is 0 Å². The SMILES string of the molecule is O=C(COC(=O)c1csc2c1CCCC2)Nc1cccc(Cl)c1Cl. The largest absolute Gasteiger partial charge is 0.452 e. The Hall–Kier alpha value is -1.56. The quantitative estimate of drug-likeness (QED) is 0.776. The van der Waals surface area contributed by atoms with Gasteiger partial charge < -0.3 is 10.1 Å². The summed E-state index contributed by atoms with van der Waals surface area (Å²) >= 11 is 13.5. The summed E-state index contributed by atoms with van der Waals surface area (Å²) in [5, 5.41) is 5.01. The number of rotatable bonds is 4. The molecular formula is C17H15Cl2NO3S. The third kappa shape index (κ3) is 3.74. The lowest BCUT2D eigenvalue weighted by Crippen LogP contribution is -2.21. The second kappa shape index (κ2) is 7.55. The van der Waals surface area contributed by atoms with E-state index in [0.717, 1.165) is 31.2 Å². The lowest BCUT2D eigenvalue weighted by Gasteiger charge is -2.12. The first kappa shape index (κ1) is 17.3. The number of hydrogen-bond acceptors (Lipinski definition) is 4. The first-order valence-electron chi connectivity index (χ1n) is 7.56. The van der Waals surface area contributed by atoms with E-state index in [0.29, 0.717) is 16.3 Å². The summed E-state index contributed by atoms with van der Waals surface area (Å²) < 4.78 is 5.14. The van der Waals surface area contributed by atoms with Crippen molar-refractivity contribution in [2.75, 3.05) is 11.9 Å². The summed E-state index contributed by atoms with van der Waals surface area (Å²) in [6.45, 7) is -0.369. The summed E-state index contributed by atoms with van der Waals surface area (Å²) in [7, 11) is 0. The predicted octanol–water partition coefficient (Wildman–Crippen LogP) is 4.73. The molecule has 24 heavy (non-hydrogen) atoms. The van der Waals surface area contributed by atoms with Gasteiger partial charge in [0.2, 0.25) is 0 Å². The van der Waals surface area contributed by atoms with Crippen LogP contribution in [-0.2, 0) is 22.4 Å². The van der Waals surface area contributed by atoms with Gasteiger partial charge in [-0.05, 0) is 43.4 Å². The standard InChI is InChI=1S/C17H15Cl2NO3S/c18-12-5-3-6-13(16(12)19)20-15(21)8-23-17(22)11-9-24-14-7-2-1-4-10(11)14/h3,5-6,9H,1-2,4,7-8H2,(H,20,21). The van der Waals surface area contributed by atoms with Gasteiger partial charge in [0.25, 0.3) is 5.91 Å². The van der Waals surface area contributed by atoms with Crippen molar-refractivity contribution in [3.8, 4) is 0 Å². The fourth-order valence-electron chi connectivity index (χ4n) is 2.66. The van der Waals surface area contributed by atoms with E-state index in [1.165, 1.54) is 4.88 Å². The lowest BCUT2D eigenvalue weighted by atomic mass is 9.96. The van der Waals surface area contributed by atoms with Crippen LogP contribution in [0.2, 0.25) is 10.0 Å². The Balaban J connectivity index is 1.59. The first-order chi connectivity index (χ1) is 11.6. The van der Waals surface area contributed by atoms with Crippen molar-refractivity contribution in [3.63, 3.8) is 0 Å². The molecule has 0 fully saturated rings. The summed E-state index contributed by atoms with van der Waals surface area (Å²) in [6, 6.07) is 4.93. The molecule has 0 spiro atoms. The van der Waals surface area contributed by atoms with Crippen LogP contribution in [0, 0.1) is 0 Å². The number of esters is 1. The van der Waals surface area contributed by atoms with Crippen LogP contribution in [0.3, 0.4) is 0 Å². The number of aryl methyl sites for hydroxylation is 1. The molecule has 0 radical (unpaired) electrons. The predicted molar refractivity (Wildman–Crippen MR) is 96.3 cm³/mol. The highest BCUT2D eigenvalue weighted by Gasteiger charge is 2.21. The minimum Gasteiger partial charge on any atom is -0.452 e. The van der Waals surface area contributed by atoms with E-state index < -0.39 is 11.9 Å². The normalized spacial score (nSPS) is 13.2. The third-order valence-corrected chi connectivity index (χ3v) is 5.75. The summed E-state index contributed by atoms with van der Waals surface area (Å²) in [5.41, 5.74) is 2.05. The Morgan fingerprint density at radius 1 is 1.21 bits per heavy atom. The number of amides is 1. The van der Waals surface area contributed by atoms with E-state index in [2.05, 4.69) is 5.32 Å². The Morgan fingerprint density at radius 3 is 2.83 bits per heavy atom. The average Bonchev–Trinajstić information content (AvgIpc) is 3.01. The number of nitrogens with one attached hydrogen (secondary N) is 1. The molecule has 3 rings (SSSR count). The molecule has 0 atom stereocenters. The molecule has 7 heteroatoms. The fourth-order valence-corrected chi connectivity index (χ4v) is 4.12. The van der Waals surface area contributed by atoms with Gasteiger partial charge in [0.05, 0.1) is 21.3 Å². The highest BCUT2D eigenvalue weighted by atomic mass is 35.5. The van der Waals surface area contributed by atoms with Gasteiger partial charge in [-0.25, -0.2) is 4.79 Å². The molecule has 0 unspecified atom stereocenters. The molecule has 1 aromatic heterocycles. The third-order valence-electron chi connectivity index (χ3n) is 3.84. The minimum absolute atomic E-state index is 0.255. The number of carbonyl (C=O) groups excluding carboxylic acids is 2. The Kier molecular flexibility index (Phi) is 5.43. The Labute approximate surface area is 153 Å². The molecule has 1 aliphatic rings. The second-order valence-electron chi connectivity index (χ2n) is 5.48. The maximum Gasteiger partial charge on any atom is 0.339 e. The van der Waals surface area contributed by atoms with Gasteiger partial charge >= 0.3 is 5.97 Å². The van der Waals surface area contributed by atoms with Gasteiger partial charge in [-0.1, -0.05) is 29.3 Å². The fraction of sp³-hybridized carbons (Fsp3) is 0.294. The number of ether oxygens (including phenoxy) is 1. The zero-order valence-electron chi connectivity index (χ0n) is 12.7. The highest BCUT2D eigenvalue weighted by molar-refractivity contribution is 7.10. The molecule has 126 valence electrons. The van der Waals surface area contributed by atoms with Crippen LogP contribution < -0.4 is 5.32 Å². The van der Waals surface area contributed by atoms with Crippen molar-refractivity contribution < 1.29 is 14.3 Å². The lowest BCUT2D eigenvalue weighted by molar-refractivity contribution is -0.119. The van der Waals surface area contributed by atoms with Gasteiger partial charge in [0.15, 0.2) is 6.61 Å². The molecule has 0 aliphatic heterocycles. The number of thiophene rings is 1. The number of halogens is 2. The molecule has 1 amide bonds. The van der Waals surface area contributed by atoms with Crippen molar-refractivity contribution in [2.24, 2.45) is 0 Å². The maximum atomic E-state index is 12.2. The van der Waals surface area contributed by atoms with E-state index >= 15 is 0 Å². The molecule has 1 N–H and O–H groups in total. The molecule has 2 aromatic rings. The average molecular weight is 384 g/mol. The van der Waals surface area contributed by atoms with Crippen molar-refractivity contribution >= 4 is 52.1 Å². The van der Waals surface area contributed by atoms with Crippen LogP contribution in [0.25, 0.3) is 0 Å². The van der Waals surface area contributed by atoms with Gasteiger partial charge in [-0.3, -0.25) is 4.79 Å². The van der Waals surface area contributed by atoms with Crippen LogP contribution >= 0.6 is 34.5 Å². The molecule has 1 heterocycles. The topological polar surface area (TPSA) is 55.4 Å². The molecule has 0 saturated heterocycles. The van der Waals surface area contributed by atoms with E-state index in [9.17, 15) is 9.59 Å². The molecule has 0 bridgehead atoms. The van der Waals surface area contributed by atoms with Gasteiger partial charge in [0.1, 0.15) is 0 Å². The van der Waals surface area contributed by atoms with Gasteiger partial charge in [-0.15, -0.1) is 11.3 Å². The van der Waals surface area contributed by atoms with Crippen molar-refractivity contribution in [2.45, 2.75) is 25.7 Å². The van der Waals surface area contributed by atoms with E-state index in [1.54, 1.807) is 29.5 Å². The van der Waals surface area contributed by atoms with Crippen molar-refractivity contribution in [3.05, 3.63) is 49.6 Å². The Morgan fingerprint density at radius 2 is 2.00 bits per heavy atom. The number of anilines is 1. The first-order valence-corrected chi connectivity index (χ1v) is 9.20. The number of benzene rings is 1. The molecular weight excluding hydrogens is 369 g/mol. The Bertz CT molecular complexity index is 788. The number of hydrogen-bond donors (Lipinski definition) is 1. The summed E-state index contributed by atoms with van der Waals surface area (Å²) in [6.07, 6.45) is 4.15. The zero-order valence-corrected chi connectivity index (χ0v) is 15.1. The van der Waals surface area contributed by atoms with Crippen LogP contribution in [0.15, 0.2) is 23.6 Å². The highest BCUT2D eigenvalue weighted by Crippen LogP contribution is 2.31. The summed E-state index contributed by atoms with van der Waals surface area (Å²) in [5.74, 6) is -0.918. The van der Waals surface area contributed by atoms with E-state index in [1.807, 2.05) is 5.38 Å². The molecule has 1 aromatic carbocycles. The van der Waals surface area contributed by atoms with E-state index in [4.69, 9.17) is 27.9 Å². The van der Waals surface area contributed by atoms with Crippen LogP contribution in [0.4, 0.5) is 5.69 Å². The number of carbonyl (C=O) groups is 2. The number of fused-ring (bicyclic) bond motifs is 1. The monoisotopic (exact) mass is 383 g/mol. The molecule has 1 aliphatic carbocycles. The minimum atomic E-state index is -0.461. The maximum absolute atomic E-state index is 12.2. The molecule has 0 saturated carbocycles. The van der Waals surface area contributed by atoms with Gasteiger partial charge in [0, 0.05) is 10.3 Å².